The third-order valence-electron chi connectivity index (χ3n) is 2.14. The van der Waals surface area contributed by atoms with Gasteiger partial charge in [0.2, 0.25) is 0 Å². The molecule has 0 aliphatic carbocycles. The molecule has 0 radical (unpaired) electrons. The molecule has 0 fully saturated rings. The van der Waals surface area contributed by atoms with Gasteiger partial charge < -0.3 is 5.32 Å². The summed E-state index contributed by atoms with van der Waals surface area (Å²) in [6.45, 7) is 3.72. The molecule has 0 unspecified atom stereocenters. The first-order valence-electron chi connectivity index (χ1n) is 5.07. The Labute approximate surface area is 103 Å². The topological polar surface area (TPSA) is 42.7 Å². The van der Waals surface area contributed by atoms with E-state index in [1.54, 1.807) is 12.4 Å². The van der Waals surface area contributed by atoms with Gasteiger partial charge in [0.1, 0.15) is 0 Å². The van der Waals surface area contributed by atoms with Crippen molar-refractivity contribution in [1.29, 1.82) is 0 Å². The highest BCUT2D eigenvalue weighted by molar-refractivity contribution is 9.10. The van der Waals surface area contributed by atoms with Gasteiger partial charge in [0.05, 0.1) is 24.6 Å². The van der Waals surface area contributed by atoms with Crippen LogP contribution in [-0.4, -0.2) is 21.3 Å². The zero-order valence-corrected chi connectivity index (χ0v) is 10.6. The maximum Gasteiger partial charge on any atom is 0.0582 e. The third kappa shape index (κ3) is 3.06. The molecule has 2 aromatic heterocycles. The summed E-state index contributed by atoms with van der Waals surface area (Å²) in [7, 11) is 0. The molecule has 0 atom stereocenters. The maximum absolute atomic E-state index is 4.22. The van der Waals surface area contributed by atoms with Crippen LogP contribution in [0.4, 0.5) is 5.69 Å². The molecule has 0 spiro atoms. The van der Waals surface area contributed by atoms with Gasteiger partial charge in [0.15, 0.2) is 0 Å². The molecule has 0 saturated carbocycles. The summed E-state index contributed by atoms with van der Waals surface area (Å²) < 4.78 is 2.90. The Bertz CT molecular complexity index is 467. The van der Waals surface area contributed by atoms with E-state index in [2.05, 4.69) is 31.3 Å². The minimum absolute atomic E-state index is 0.833. The number of rotatable bonds is 4. The first-order chi connectivity index (χ1) is 7.74. The van der Waals surface area contributed by atoms with E-state index in [1.165, 1.54) is 5.56 Å². The third-order valence-corrected chi connectivity index (χ3v) is 2.57. The van der Waals surface area contributed by atoms with Crippen molar-refractivity contribution in [3.8, 4) is 0 Å². The molecule has 1 N–H and O–H groups in total. The van der Waals surface area contributed by atoms with E-state index in [4.69, 9.17) is 0 Å². The fourth-order valence-corrected chi connectivity index (χ4v) is 1.78. The van der Waals surface area contributed by atoms with E-state index >= 15 is 0 Å². The molecule has 5 heteroatoms. The Balaban J connectivity index is 1.84. The molecule has 16 heavy (non-hydrogen) atoms. The van der Waals surface area contributed by atoms with Gasteiger partial charge in [-0.2, -0.15) is 5.10 Å². The smallest absolute Gasteiger partial charge is 0.0582 e. The Morgan fingerprint density at radius 2 is 2.25 bits per heavy atom. The first kappa shape index (κ1) is 11.1. The number of pyridine rings is 1. The fourth-order valence-electron chi connectivity index (χ4n) is 1.41. The van der Waals surface area contributed by atoms with Gasteiger partial charge in [-0.1, -0.05) is 0 Å². The van der Waals surface area contributed by atoms with Crippen LogP contribution in [0.2, 0.25) is 0 Å². The molecule has 4 nitrogen and oxygen atoms in total. The largest absolute Gasteiger partial charge is 0.382 e. The van der Waals surface area contributed by atoms with Crippen LogP contribution < -0.4 is 5.32 Å². The summed E-state index contributed by atoms with van der Waals surface area (Å²) in [6.07, 6.45) is 7.46. The molecule has 0 bridgehead atoms. The lowest BCUT2D eigenvalue weighted by Gasteiger charge is -2.06. The second kappa shape index (κ2) is 5.12. The summed E-state index contributed by atoms with van der Waals surface area (Å²) in [4.78, 5) is 4.08. The second-order valence-electron chi connectivity index (χ2n) is 3.60. The average molecular weight is 281 g/mol. The van der Waals surface area contributed by atoms with Gasteiger partial charge in [-0.15, -0.1) is 0 Å². The monoisotopic (exact) mass is 280 g/mol. The number of nitrogens with one attached hydrogen (secondary N) is 1. The SMILES string of the molecule is Cc1cnn(CCNc2cncc(Br)c2)c1. The standard InChI is InChI=1S/C11H13BrN4/c1-9-5-15-16(8-9)3-2-14-11-4-10(12)6-13-7-11/h4-8,14H,2-3H2,1H3. The van der Waals surface area contributed by atoms with Crippen LogP contribution in [0.25, 0.3) is 0 Å². The van der Waals surface area contributed by atoms with E-state index in [0.29, 0.717) is 0 Å². The van der Waals surface area contributed by atoms with Crippen molar-refractivity contribution in [3.63, 3.8) is 0 Å². The maximum atomic E-state index is 4.22. The number of nitrogens with zero attached hydrogens (tertiary/aromatic N) is 3. The number of aryl methyl sites for hydroxylation is 1. The van der Waals surface area contributed by atoms with Crippen molar-refractivity contribution < 1.29 is 0 Å². The summed E-state index contributed by atoms with van der Waals surface area (Å²) in [5.41, 5.74) is 2.20. The molecule has 0 aliphatic heterocycles. The highest BCUT2D eigenvalue weighted by Gasteiger charge is 1.95. The fraction of sp³-hybridized carbons (Fsp3) is 0.273. The molecule has 84 valence electrons. The minimum Gasteiger partial charge on any atom is -0.382 e. The molecule has 0 amide bonds. The number of aromatic nitrogens is 3. The van der Waals surface area contributed by atoms with Crippen molar-refractivity contribution in [2.24, 2.45) is 0 Å². The first-order valence-corrected chi connectivity index (χ1v) is 5.87. The van der Waals surface area contributed by atoms with Crippen LogP contribution in [0, 0.1) is 6.92 Å². The van der Waals surface area contributed by atoms with Crippen LogP contribution in [-0.2, 0) is 6.54 Å². The van der Waals surface area contributed by atoms with E-state index in [9.17, 15) is 0 Å². The Hall–Kier alpha value is -1.36. The predicted molar refractivity (Wildman–Crippen MR) is 67.4 cm³/mol. The van der Waals surface area contributed by atoms with Gasteiger partial charge in [-0.3, -0.25) is 9.67 Å². The summed E-state index contributed by atoms with van der Waals surface area (Å²) in [5, 5.41) is 7.51. The van der Waals surface area contributed by atoms with Crippen molar-refractivity contribution in [3.05, 3.63) is 40.9 Å². The molecular weight excluding hydrogens is 268 g/mol. The number of hydrogen-bond donors (Lipinski definition) is 1. The lowest BCUT2D eigenvalue weighted by molar-refractivity contribution is 0.637. The van der Waals surface area contributed by atoms with E-state index in [-0.39, 0.29) is 0 Å². The van der Waals surface area contributed by atoms with Gasteiger partial charge in [0.25, 0.3) is 0 Å². The molecule has 0 saturated heterocycles. The van der Waals surface area contributed by atoms with Crippen LogP contribution in [0.1, 0.15) is 5.56 Å². The molecule has 2 heterocycles. The van der Waals surface area contributed by atoms with Crippen molar-refractivity contribution >= 4 is 21.6 Å². The summed E-state index contributed by atoms with van der Waals surface area (Å²) >= 11 is 3.38. The number of halogens is 1. The minimum atomic E-state index is 0.833. The van der Waals surface area contributed by atoms with Crippen LogP contribution in [0.5, 0.6) is 0 Å². The normalized spacial score (nSPS) is 10.4. The van der Waals surface area contributed by atoms with Crippen LogP contribution in [0.15, 0.2) is 35.3 Å². The van der Waals surface area contributed by atoms with Crippen LogP contribution in [0.3, 0.4) is 0 Å². The Kier molecular flexibility index (Phi) is 3.56. The molecule has 0 aliphatic rings. The Morgan fingerprint density at radius 1 is 1.38 bits per heavy atom. The van der Waals surface area contributed by atoms with E-state index in [0.717, 1.165) is 23.2 Å². The quantitative estimate of drug-likeness (QED) is 0.936. The van der Waals surface area contributed by atoms with Crippen molar-refractivity contribution in [2.45, 2.75) is 13.5 Å². The number of hydrogen-bond acceptors (Lipinski definition) is 3. The second-order valence-corrected chi connectivity index (χ2v) is 4.52. The zero-order chi connectivity index (χ0) is 11.4. The zero-order valence-electron chi connectivity index (χ0n) is 9.02. The van der Waals surface area contributed by atoms with Gasteiger partial charge in [0, 0.05) is 23.4 Å². The molecular formula is C11H13BrN4. The van der Waals surface area contributed by atoms with Gasteiger partial charge in [-0.05, 0) is 34.5 Å². The lowest BCUT2D eigenvalue weighted by atomic mass is 10.4. The van der Waals surface area contributed by atoms with Gasteiger partial charge >= 0.3 is 0 Å². The van der Waals surface area contributed by atoms with E-state index in [1.807, 2.05) is 30.1 Å². The number of anilines is 1. The summed E-state index contributed by atoms with van der Waals surface area (Å²) in [6, 6.07) is 2.00. The van der Waals surface area contributed by atoms with Crippen LogP contribution >= 0.6 is 15.9 Å². The van der Waals surface area contributed by atoms with Crippen molar-refractivity contribution in [1.82, 2.24) is 14.8 Å². The molecule has 2 aromatic rings. The molecule has 2 rings (SSSR count). The average Bonchev–Trinajstić information content (AvgIpc) is 2.64. The lowest BCUT2D eigenvalue weighted by Crippen LogP contribution is -2.10. The summed E-state index contributed by atoms with van der Waals surface area (Å²) in [5.74, 6) is 0. The molecule has 0 aromatic carbocycles. The van der Waals surface area contributed by atoms with E-state index < -0.39 is 0 Å². The highest BCUT2D eigenvalue weighted by Crippen LogP contribution is 2.13. The Morgan fingerprint density at radius 3 is 2.94 bits per heavy atom. The van der Waals surface area contributed by atoms with Gasteiger partial charge in [-0.25, -0.2) is 0 Å². The van der Waals surface area contributed by atoms with Crippen molar-refractivity contribution in [2.75, 3.05) is 11.9 Å². The highest BCUT2D eigenvalue weighted by atomic mass is 79.9. The predicted octanol–water partition coefficient (Wildman–Crippen LogP) is 2.46.